The molecular formula is C28H31Cl2N3O4S. The van der Waals surface area contributed by atoms with Crippen LogP contribution in [-0.2, 0) is 26.2 Å². The van der Waals surface area contributed by atoms with Gasteiger partial charge in [0.1, 0.15) is 12.6 Å². The molecule has 0 aromatic heterocycles. The van der Waals surface area contributed by atoms with Gasteiger partial charge in [-0.3, -0.25) is 13.9 Å². The summed E-state index contributed by atoms with van der Waals surface area (Å²) >= 11 is 12.7. The molecule has 10 heteroatoms. The van der Waals surface area contributed by atoms with Crippen molar-refractivity contribution >= 4 is 50.7 Å². The number of carbonyl (C=O) groups excluding carboxylic acids is 2. The van der Waals surface area contributed by atoms with E-state index in [4.69, 9.17) is 23.2 Å². The highest BCUT2D eigenvalue weighted by atomic mass is 35.5. The zero-order valence-corrected chi connectivity index (χ0v) is 23.8. The number of benzene rings is 3. The minimum Gasteiger partial charge on any atom is -0.352 e. The Balaban J connectivity index is 2.08. The van der Waals surface area contributed by atoms with Crippen molar-refractivity contribution in [1.82, 2.24) is 10.2 Å². The highest BCUT2D eigenvalue weighted by Crippen LogP contribution is 2.35. The molecule has 3 rings (SSSR count). The maximum absolute atomic E-state index is 14.0. The second kappa shape index (κ2) is 13.1. The molecule has 1 unspecified atom stereocenters. The zero-order valence-electron chi connectivity index (χ0n) is 21.5. The van der Waals surface area contributed by atoms with Crippen LogP contribution in [0.15, 0.2) is 83.8 Å². The average Bonchev–Trinajstić information content (AvgIpc) is 2.89. The maximum Gasteiger partial charge on any atom is 0.264 e. The predicted molar refractivity (Wildman–Crippen MR) is 152 cm³/mol. The molecule has 3 aromatic rings. The van der Waals surface area contributed by atoms with Crippen molar-refractivity contribution in [3.05, 3.63) is 94.5 Å². The molecule has 3 aromatic carbocycles. The van der Waals surface area contributed by atoms with Gasteiger partial charge in [-0.05, 0) is 50.1 Å². The summed E-state index contributed by atoms with van der Waals surface area (Å²) in [7, 11) is -4.22. The number of hydrogen-bond donors (Lipinski definition) is 1. The first-order chi connectivity index (χ1) is 18.1. The number of halogens is 2. The first kappa shape index (κ1) is 29.5. The molecule has 0 saturated carbocycles. The summed E-state index contributed by atoms with van der Waals surface area (Å²) in [5, 5.41) is 3.02. The van der Waals surface area contributed by atoms with Crippen LogP contribution < -0.4 is 9.62 Å². The van der Waals surface area contributed by atoms with E-state index in [9.17, 15) is 18.0 Å². The fourth-order valence-electron chi connectivity index (χ4n) is 4.00. The van der Waals surface area contributed by atoms with Crippen LogP contribution in [0.1, 0.15) is 32.8 Å². The molecular weight excluding hydrogens is 545 g/mol. The molecule has 1 atom stereocenters. The molecule has 0 aliphatic carbocycles. The fraction of sp³-hybridized carbons (Fsp3) is 0.286. The molecule has 202 valence electrons. The summed E-state index contributed by atoms with van der Waals surface area (Å²) in [6.07, 6.45) is 0.334. The Hall–Kier alpha value is -3.07. The molecule has 0 heterocycles. The van der Waals surface area contributed by atoms with Gasteiger partial charge in [0, 0.05) is 12.6 Å². The van der Waals surface area contributed by atoms with E-state index in [1.807, 2.05) is 51.1 Å². The van der Waals surface area contributed by atoms with Gasteiger partial charge in [-0.25, -0.2) is 8.42 Å². The number of sulfonamides is 1. The maximum atomic E-state index is 14.0. The van der Waals surface area contributed by atoms with E-state index < -0.39 is 28.5 Å². The highest BCUT2D eigenvalue weighted by molar-refractivity contribution is 7.92. The van der Waals surface area contributed by atoms with Crippen molar-refractivity contribution in [1.29, 1.82) is 0 Å². The lowest BCUT2D eigenvalue weighted by Crippen LogP contribution is -2.53. The molecule has 38 heavy (non-hydrogen) atoms. The Morgan fingerprint density at radius 1 is 0.895 bits per heavy atom. The van der Waals surface area contributed by atoms with Crippen molar-refractivity contribution in [2.75, 3.05) is 10.8 Å². The number of rotatable bonds is 11. The summed E-state index contributed by atoms with van der Waals surface area (Å²) in [5.74, 6) is -0.875. The highest BCUT2D eigenvalue weighted by Gasteiger charge is 2.34. The van der Waals surface area contributed by atoms with Crippen molar-refractivity contribution in [3.63, 3.8) is 0 Å². The van der Waals surface area contributed by atoms with Gasteiger partial charge < -0.3 is 10.2 Å². The Morgan fingerprint density at radius 3 is 2.08 bits per heavy atom. The van der Waals surface area contributed by atoms with Gasteiger partial charge in [0.05, 0.1) is 20.6 Å². The van der Waals surface area contributed by atoms with E-state index in [-0.39, 0.29) is 39.1 Å². The molecule has 0 aliphatic rings. The normalized spacial score (nSPS) is 12.2. The van der Waals surface area contributed by atoms with Crippen molar-refractivity contribution in [2.45, 2.75) is 50.7 Å². The third-order valence-corrected chi connectivity index (χ3v) is 8.41. The van der Waals surface area contributed by atoms with E-state index in [0.29, 0.717) is 6.42 Å². The van der Waals surface area contributed by atoms with Gasteiger partial charge in [0.15, 0.2) is 0 Å². The summed E-state index contributed by atoms with van der Waals surface area (Å²) in [6.45, 7) is 5.01. The molecule has 0 spiro atoms. The monoisotopic (exact) mass is 575 g/mol. The standard InChI is InChI=1S/C28H31Cl2N3O4S/c1-4-24(28(35)31-20(2)3)32(18-21-12-7-5-8-13-21)26(34)19-33(25-17-11-16-23(29)27(25)30)38(36,37)22-14-9-6-10-15-22/h5-17,20,24H,4,18-19H2,1-3H3,(H,31,35). The molecule has 0 fully saturated rings. The lowest BCUT2D eigenvalue weighted by atomic mass is 10.1. The van der Waals surface area contributed by atoms with E-state index in [1.165, 1.54) is 29.2 Å². The zero-order chi connectivity index (χ0) is 27.9. The lowest BCUT2D eigenvalue weighted by Gasteiger charge is -2.33. The third-order valence-electron chi connectivity index (χ3n) is 5.82. The van der Waals surface area contributed by atoms with E-state index >= 15 is 0 Å². The van der Waals surface area contributed by atoms with Crippen LogP contribution in [0.5, 0.6) is 0 Å². The van der Waals surface area contributed by atoms with Crippen LogP contribution in [0.4, 0.5) is 5.69 Å². The number of anilines is 1. The number of carbonyl (C=O) groups is 2. The average molecular weight is 577 g/mol. The number of amides is 2. The van der Waals surface area contributed by atoms with Crippen LogP contribution in [0.2, 0.25) is 10.0 Å². The molecule has 0 saturated heterocycles. The van der Waals surface area contributed by atoms with Crippen molar-refractivity contribution in [3.8, 4) is 0 Å². The van der Waals surface area contributed by atoms with Gasteiger partial charge in [0.2, 0.25) is 11.8 Å². The van der Waals surface area contributed by atoms with Crippen molar-refractivity contribution in [2.24, 2.45) is 0 Å². The number of hydrogen-bond acceptors (Lipinski definition) is 4. The largest absolute Gasteiger partial charge is 0.352 e. The van der Waals surface area contributed by atoms with E-state index in [2.05, 4.69) is 5.32 Å². The van der Waals surface area contributed by atoms with Gasteiger partial charge >= 0.3 is 0 Å². The van der Waals surface area contributed by atoms with Crippen LogP contribution >= 0.6 is 23.2 Å². The molecule has 7 nitrogen and oxygen atoms in total. The smallest absolute Gasteiger partial charge is 0.264 e. The third kappa shape index (κ3) is 7.07. The lowest BCUT2D eigenvalue weighted by molar-refractivity contribution is -0.140. The molecule has 0 radical (unpaired) electrons. The summed E-state index contributed by atoms with van der Waals surface area (Å²) < 4.78 is 28.6. The minimum absolute atomic E-state index is 0.000625. The van der Waals surface area contributed by atoms with Gasteiger partial charge in [-0.1, -0.05) is 84.7 Å². The SMILES string of the molecule is CCC(C(=O)NC(C)C)N(Cc1ccccc1)C(=O)CN(c1cccc(Cl)c1Cl)S(=O)(=O)c1ccccc1. The molecule has 2 amide bonds. The summed E-state index contributed by atoms with van der Waals surface area (Å²) in [4.78, 5) is 28.5. The fourth-order valence-corrected chi connectivity index (χ4v) is 5.89. The Morgan fingerprint density at radius 2 is 1.50 bits per heavy atom. The number of nitrogens with zero attached hydrogens (tertiary/aromatic N) is 2. The predicted octanol–water partition coefficient (Wildman–Crippen LogP) is 5.52. The molecule has 0 aliphatic heterocycles. The van der Waals surface area contributed by atoms with Crippen LogP contribution in [-0.4, -0.2) is 43.8 Å². The van der Waals surface area contributed by atoms with Crippen LogP contribution in [0, 0.1) is 0 Å². The summed E-state index contributed by atoms with van der Waals surface area (Å²) in [6, 6.07) is 20.6. The van der Waals surface area contributed by atoms with Gasteiger partial charge in [-0.15, -0.1) is 0 Å². The summed E-state index contributed by atoms with van der Waals surface area (Å²) in [5.41, 5.74) is 0.866. The van der Waals surface area contributed by atoms with Crippen LogP contribution in [0.3, 0.4) is 0 Å². The quantitative estimate of drug-likeness (QED) is 0.326. The van der Waals surface area contributed by atoms with E-state index in [1.54, 1.807) is 24.3 Å². The topological polar surface area (TPSA) is 86.8 Å². The van der Waals surface area contributed by atoms with Gasteiger partial charge in [-0.2, -0.15) is 0 Å². The van der Waals surface area contributed by atoms with Crippen molar-refractivity contribution < 1.29 is 18.0 Å². The first-order valence-electron chi connectivity index (χ1n) is 12.2. The Kier molecular flexibility index (Phi) is 10.2. The first-order valence-corrected chi connectivity index (χ1v) is 14.4. The Labute approximate surface area is 234 Å². The minimum atomic E-state index is -4.22. The van der Waals surface area contributed by atoms with Crippen LogP contribution in [0.25, 0.3) is 0 Å². The van der Waals surface area contributed by atoms with E-state index in [0.717, 1.165) is 9.87 Å². The molecule has 1 N–H and O–H groups in total. The number of nitrogens with one attached hydrogen (secondary N) is 1. The second-order valence-corrected chi connectivity index (χ2v) is 11.6. The molecule has 0 bridgehead atoms. The van der Waals surface area contributed by atoms with Gasteiger partial charge in [0.25, 0.3) is 10.0 Å². The Bertz CT molecular complexity index is 1350. The second-order valence-electron chi connectivity index (χ2n) is 8.99.